The van der Waals surface area contributed by atoms with Crippen molar-refractivity contribution in [2.45, 2.75) is 18.2 Å². The molecule has 0 bridgehead atoms. The van der Waals surface area contributed by atoms with Gasteiger partial charge in [-0.25, -0.2) is 13.1 Å². The van der Waals surface area contributed by atoms with Crippen molar-refractivity contribution in [3.8, 4) is 5.75 Å². The standard InChI is InChI=1S/C12H18BrNO4S/c1-9(5-6-15)8-14-19(16,17)10-3-4-12(18-2)11(13)7-10/h3-4,7,9,14-15H,5-6,8H2,1-2H3. The fourth-order valence-corrected chi connectivity index (χ4v) is 3.35. The van der Waals surface area contributed by atoms with Gasteiger partial charge in [-0.2, -0.15) is 0 Å². The Kier molecular flexibility index (Phi) is 6.25. The van der Waals surface area contributed by atoms with Crippen molar-refractivity contribution in [3.05, 3.63) is 22.7 Å². The van der Waals surface area contributed by atoms with Crippen LogP contribution in [0, 0.1) is 5.92 Å². The third-order valence-electron chi connectivity index (χ3n) is 2.68. The van der Waals surface area contributed by atoms with E-state index in [-0.39, 0.29) is 17.4 Å². The van der Waals surface area contributed by atoms with Crippen LogP contribution in [-0.2, 0) is 10.0 Å². The van der Waals surface area contributed by atoms with Crippen molar-refractivity contribution in [1.82, 2.24) is 4.72 Å². The van der Waals surface area contributed by atoms with E-state index in [1.54, 1.807) is 6.07 Å². The Morgan fingerprint density at radius 1 is 1.47 bits per heavy atom. The molecular weight excluding hydrogens is 334 g/mol. The maximum absolute atomic E-state index is 12.1. The second-order valence-electron chi connectivity index (χ2n) is 4.27. The zero-order valence-electron chi connectivity index (χ0n) is 10.9. The molecule has 1 unspecified atom stereocenters. The molecule has 0 amide bonds. The summed E-state index contributed by atoms with van der Waals surface area (Å²) in [7, 11) is -2.02. The van der Waals surface area contributed by atoms with Crippen LogP contribution < -0.4 is 9.46 Å². The van der Waals surface area contributed by atoms with Crippen molar-refractivity contribution in [2.75, 3.05) is 20.3 Å². The van der Waals surface area contributed by atoms with Gasteiger partial charge in [-0.05, 0) is 46.5 Å². The van der Waals surface area contributed by atoms with E-state index in [1.165, 1.54) is 19.2 Å². The predicted octanol–water partition coefficient (Wildman–Crippen LogP) is 1.75. The molecule has 0 radical (unpaired) electrons. The van der Waals surface area contributed by atoms with Crippen LogP contribution in [0.1, 0.15) is 13.3 Å². The molecule has 0 heterocycles. The molecule has 0 fully saturated rings. The van der Waals surface area contributed by atoms with E-state index < -0.39 is 10.0 Å². The highest BCUT2D eigenvalue weighted by molar-refractivity contribution is 9.10. The maximum Gasteiger partial charge on any atom is 0.240 e. The number of ether oxygens (including phenoxy) is 1. The summed E-state index contributed by atoms with van der Waals surface area (Å²) in [6.45, 7) is 2.23. The van der Waals surface area contributed by atoms with Crippen LogP contribution in [0.25, 0.3) is 0 Å². The van der Waals surface area contributed by atoms with Gasteiger partial charge in [0.1, 0.15) is 5.75 Å². The number of aliphatic hydroxyl groups is 1. The van der Waals surface area contributed by atoms with E-state index in [0.717, 1.165) is 0 Å². The minimum absolute atomic E-state index is 0.0526. The van der Waals surface area contributed by atoms with Gasteiger partial charge in [0.15, 0.2) is 0 Å². The van der Waals surface area contributed by atoms with Gasteiger partial charge >= 0.3 is 0 Å². The summed E-state index contributed by atoms with van der Waals surface area (Å²) in [5.74, 6) is 0.661. The lowest BCUT2D eigenvalue weighted by Gasteiger charge is -2.12. The van der Waals surface area contributed by atoms with Gasteiger partial charge in [0.05, 0.1) is 16.5 Å². The van der Waals surface area contributed by atoms with E-state index in [0.29, 0.717) is 23.2 Å². The predicted molar refractivity (Wildman–Crippen MR) is 76.7 cm³/mol. The van der Waals surface area contributed by atoms with E-state index >= 15 is 0 Å². The zero-order valence-corrected chi connectivity index (χ0v) is 13.3. The van der Waals surface area contributed by atoms with E-state index in [4.69, 9.17) is 9.84 Å². The summed E-state index contributed by atoms with van der Waals surface area (Å²) in [6, 6.07) is 4.58. The van der Waals surface area contributed by atoms with Gasteiger partial charge in [0.25, 0.3) is 0 Å². The average molecular weight is 352 g/mol. The van der Waals surface area contributed by atoms with E-state index in [2.05, 4.69) is 20.7 Å². The van der Waals surface area contributed by atoms with Crippen molar-refractivity contribution in [3.63, 3.8) is 0 Å². The molecule has 0 saturated carbocycles. The molecule has 7 heteroatoms. The molecule has 0 aromatic heterocycles. The number of nitrogens with one attached hydrogen (secondary N) is 1. The molecule has 19 heavy (non-hydrogen) atoms. The Morgan fingerprint density at radius 3 is 2.68 bits per heavy atom. The third-order valence-corrected chi connectivity index (χ3v) is 4.72. The first-order valence-electron chi connectivity index (χ1n) is 5.84. The first-order valence-corrected chi connectivity index (χ1v) is 8.12. The first-order chi connectivity index (χ1) is 8.90. The van der Waals surface area contributed by atoms with Crippen LogP contribution in [-0.4, -0.2) is 33.8 Å². The second-order valence-corrected chi connectivity index (χ2v) is 6.89. The summed E-state index contributed by atoms with van der Waals surface area (Å²) in [5, 5.41) is 8.78. The molecule has 1 atom stereocenters. The summed E-state index contributed by atoms with van der Waals surface area (Å²) < 4.78 is 32.3. The number of hydrogen-bond donors (Lipinski definition) is 2. The third kappa shape index (κ3) is 4.76. The lowest BCUT2D eigenvalue weighted by molar-refractivity contribution is 0.263. The monoisotopic (exact) mass is 351 g/mol. The van der Waals surface area contributed by atoms with Gasteiger partial charge in [-0.3, -0.25) is 0 Å². The summed E-state index contributed by atoms with van der Waals surface area (Å²) in [5.41, 5.74) is 0. The fraction of sp³-hybridized carbons (Fsp3) is 0.500. The number of benzene rings is 1. The molecule has 5 nitrogen and oxygen atoms in total. The average Bonchev–Trinajstić information content (AvgIpc) is 2.37. The normalized spacial score (nSPS) is 13.3. The van der Waals surface area contributed by atoms with Gasteiger partial charge < -0.3 is 9.84 Å². The summed E-state index contributed by atoms with van der Waals surface area (Å²) in [4.78, 5) is 0.177. The van der Waals surface area contributed by atoms with Crippen LogP contribution in [0.15, 0.2) is 27.6 Å². The van der Waals surface area contributed by atoms with Gasteiger partial charge in [0.2, 0.25) is 10.0 Å². The van der Waals surface area contributed by atoms with Crippen molar-refractivity contribution in [2.24, 2.45) is 5.92 Å². The molecule has 0 aliphatic heterocycles. The molecular formula is C12H18BrNO4S. The van der Waals surface area contributed by atoms with Crippen molar-refractivity contribution >= 4 is 26.0 Å². The largest absolute Gasteiger partial charge is 0.496 e. The number of sulfonamides is 1. The van der Waals surface area contributed by atoms with E-state index in [9.17, 15) is 8.42 Å². The summed E-state index contributed by atoms with van der Waals surface area (Å²) >= 11 is 3.25. The molecule has 1 aromatic rings. The maximum atomic E-state index is 12.1. The van der Waals surface area contributed by atoms with Crippen molar-refractivity contribution < 1.29 is 18.3 Å². The quantitative estimate of drug-likeness (QED) is 0.784. The molecule has 1 rings (SSSR count). The second kappa shape index (κ2) is 7.23. The zero-order chi connectivity index (χ0) is 14.5. The van der Waals surface area contributed by atoms with Crippen LogP contribution >= 0.6 is 15.9 Å². The van der Waals surface area contributed by atoms with Gasteiger partial charge in [-0.15, -0.1) is 0 Å². The SMILES string of the molecule is COc1ccc(S(=O)(=O)NCC(C)CCO)cc1Br. The van der Waals surface area contributed by atoms with Crippen LogP contribution in [0.3, 0.4) is 0 Å². The smallest absolute Gasteiger partial charge is 0.240 e. The number of rotatable bonds is 7. The molecule has 2 N–H and O–H groups in total. The van der Waals surface area contributed by atoms with Crippen LogP contribution in [0.5, 0.6) is 5.75 Å². The molecule has 0 aliphatic rings. The number of halogens is 1. The number of methoxy groups -OCH3 is 1. The van der Waals surface area contributed by atoms with E-state index in [1.807, 2.05) is 6.92 Å². The van der Waals surface area contributed by atoms with Crippen LogP contribution in [0.2, 0.25) is 0 Å². The van der Waals surface area contributed by atoms with Crippen molar-refractivity contribution in [1.29, 1.82) is 0 Å². The number of aliphatic hydroxyl groups excluding tert-OH is 1. The lowest BCUT2D eigenvalue weighted by atomic mass is 10.1. The Balaban J connectivity index is 2.80. The number of hydrogen-bond acceptors (Lipinski definition) is 4. The Morgan fingerprint density at radius 2 is 2.16 bits per heavy atom. The first kappa shape index (κ1) is 16.4. The minimum Gasteiger partial charge on any atom is -0.496 e. The Bertz CT molecular complexity index is 518. The van der Waals surface area contributed by atoms with Gasteiger partial charge in [0, 0.05) is 13.2 Å². The lowest BCUT2D eigenvalue weighted by Crippen LogP contribution is -2.28. The highest BCUT2D eigenvalue weighted by Gasteiger charge is 2.16. The van der Waals surface area contributed by atoms with Crippen LogP contribution in [0.4, 0.5) is 0 Å². The highest BCUT2D eigenvalue weighted by Crippen LogP contribution is 2.27. The molecule has 0 saturated heterocycles. The minimum atomic E-state index is -3.54. The molecule has 0 aliphatic carbocycles. The molecule has 1 aromatic carbocycles. The molecule has 0 spiro atoms. The Hall–Kier alpha value is -0.630. The fourth-order valence-electron chi connectivity index (χ4n) is 1.47. The highest BCUT2D eigenvalue weighted by atomic mass is 79.9. The topological polar surface area (TPSA) is 75.6 Å². The molecule has 108 valence electrons. The summed E-state index contributed by atoms with van der Waals surface area (Å²) in [6.07, 6.45) is 0.564. The Labute approximate surface area is 122 Å². The van der Waals surface area contributed by atoms with Gasteiger partial charge in [-0.1, -0.05) is 6.92 Å².